The Morgan fingerprint density at radius 3 is 2.35 bits per heavy atom. The first kappa shape index (κ1) is 14.9. The lowest BCUT2D eigenvalue weighted by molar-refractivity contribution is -0.142. The van der Waals surface area contributed by atoms with E-state index in [9.17, 15) is 4.79 Å². The highest BCUT2D eigenvalue weighted by molar-refractivity contribution is 6.31. The van der Waals surface area contributed by atoms with E-state index in [-0.39, 0.29) is 5.97 Å². The van der Waals surface area contributed by atoms with Crippen molar-refractivity contribution in [1.29, 1.82) is 0 Å². The van der Waals surface area contributed by atoms with Gasteiger partial charge in [0.2, 0.25) is 0 Å². The van der Waals surface area contributed by atoms with Gasteiger partial charge in [-0.15, -0.1) is 0 Å². The molecule has 0 amide bonds. The highest BCUT2D eigenvalue weighted by Gasteiger charge is 2.23. The Kier molecular flexibility index (Phi) is 5.05. The first-order chi connectivity index (χ1) is 9.61. The second kappa shape index (κ2) is 6.78. The molecule has 0 saturated carbocycles. The average molecular weight is 309 g/mol. The minimum Gasteiger partial charge on any atom is -0.469 e. The minimum absolute atomic E-state index is 0.298. The van der Waals surface area contributed by atoms with Crippen molar-refractivity contribution in [3.63, 3.8) is 0 Å². The molecule has 0 aliphatic carbocycles. The Balaban J connectivity index is 2.31. The van der Waals surface area contributed by atoms with E-state index >= 15 is 0 Å². The van der Waals surface area contributed by atoms with Crippen molar-refractivity contribution in [2.24, 2.45) is 0 Å². The Labute approximate surface area is 128 Å². The predicted molar refractivity (Wildman–Crippen MR) is 81.4 cm³/mol. The summed E-state index contributed by atoms with van der Waals surface area (Å²) in [6, 6.07) is 14.7. The van der Waals surface area contributed by atoms with Crippen molar-refractivity contribution < 1.29 is 9.53 Å². The molecule has 4 heteroatoms. The lowest BCUT2D eigenvalue weighted by atomic mass is 9.92. The van der Waals surface area contributed by atoms with E-state index in [1.807, 2.05) is 30.3 Å². The van der Waals surface area contributed by atoms with Gasteiger partial charge in [0.15, 0.2) is 0 Å². The van der Waals surface area contributed by atoms with E-state index < -0.39 is 5.92 Å². The molecule has 20 heavy (non-hydrogen) atoms. The zero-order valence-corrected chi connectivity index (χ0v) is 12.5. The lowest BCUT2D eigenvalue weighted by Crippen LogP contribution is -2.17. The SMILES string of the molecule is COC(=O)C(Cc1ccc(Cl)cc1)c1ccccc1Cl. The zero-order chi connectivity index (χ0) is 14.5. The third-order valence-corrected chi connectivity index (χ3v) is 3.72. The van der Waals surface area contributed by atoms with Crippen LogP contribution in [0.1, 0.15) is 17.0 Å². The van der Waals surface area contributed by atoms with Crippen LogP contribution in [-0.4, -0.2) is 13.1 Å². The molecule has 0 aliphatic heterocycles. The van der Waals surface area contributed by atoms with Crippen LogP contribution in [0.2, 0.25) is 10.0 Å². The Morgan fingerprint density at radius 1 is 1.10 bits per heavy atom. The number of hydrogen-bond donors (Lipinski definition) is 0. The van der Waals surface area contributed by atoms with Gasteiger partial charge in [0.05, 0.1) is 13.0 Å². The number of methoxy groups -OCH3 is 1. The van der Waals surface area contributed by atoms with Crippen molar-refractivity contribution in [2.45, 2.75) is 12.3 Å². The van der Waals surface area contributed by atoms with Crippen molar-refractivity contribution in [2.75, 3.05) is 7.11 Å². The van der Waals surface area contributed by atoms with Gasteiger partial charge >= 0.3 is 5.97 Å². The largest absolute Gasteiger partial charge is 0.469 e. The lowest BCUT2D eigenvalue weighted by Gasteiger charge is -2.16. The van der Waals surface area contributed by atoms with Gasteiger partial charge in [-0.05, 0) is 35.7 Å². The highest BCUT2D eigenvalue weighted by Crippen LogP contribution is 2.28. The molecule has 0 fully saturated rings. The smallest absolute Gasteiger partial charge is 0.313 e. The van der Waals surface area contributed by atoms with Crippen molar-refractivity contribution >= 4 is 29.2 Å². The number of carbonyl (C=O) groups is 1. The van der Waals surface area contributed by atoms with Gasteiger partial charge in [-0.2, -0.15) is 0 Å². The Morgan fingerprint density at radius 2 is 1.75 bits per heavy atom. The minimum atomic E-state index is -0.421. The van der Waals surface area contributed by atoms with Crippen LogP contribution in [0, 0.1) is 0 Å². The molecule has 2 rings (SSSR count). The molecule has 104 valence electrons. The quantitative estimate of drug-likeness (QED) is 0.778. The second-order valence-corrected chi connectivity index (χ2v) is 5.27. The maximum atomic E-state index is 12.0. The number of ether oxygens (including phenoxy) is 1. The molecule has 2 aromatic carbocycles. The van der Waals surface area contributed by atoms with Crippen molar-refractivity contribution in [3.05, 3.63) is 69.7 Å². The van der Waals surface area contributed by atoms with Crippen LogP contribution >= 0.6 is 23.2 Å². The zero-order valence-electron chi connectivity index (χ0n) is 11.0. The summed E-state index contributed by atoms with van der Waals surface area (Å²) in [4.78, 5) is 12.0. The van der Waals surface area contributed by atoms with Gasteiger partial charge in [-0.1, -0.05) is 53.5 Å². The molecule has 0 bridgehead atoms. The van der Waals surface area contributed by atoms with Gasteiger partial charge in [0.25, 0.3) is 0 Å². The standard InChI is InChI=1S/C16H14Cl2O2/c1-20-16(19)14(13-4-2-3-5-15(13)18)10-11-6-8-12(17)9-7-11/h2-9,14H,10H2,1H3. The molecular formula is C16H14Cl2O2. The van der Waals surface area contributed by atoms with Crippen LogP contribution in [0.4, 0.5) is 0 Å². The molecule has 0 radical (unpaired) electrons. The molecule has 0 heterocycles. The third-order valence-electron chi connectivity index (χ3n) is 3.12. The number of hydrogen-bond acceptors (Lipinski definition) is 2. The number of carbonyl (C=O) groups excluding carboxylic acids is 1. The molecule has 1 atom stereocenters. The van der Waals surface area contributed by atoms with E-state index in [1.54, 1.807) is 18.2 Å². The summed E-state index contributed by atoms with van der Waals surface area (Å²) in [7, 11) is 1.38. The summed E-state index contributed by atoms with van der Waals surface area (Å²) < 4.78 is 4.89. The van der Waals surface area contributed by atoms with Gasteiger partial charge in [-0.3, -0.25) is 4.79 Å². The van der Waals surface area contributed by atoms with Crippen LogP contribution in [0.25, 0.3) is 0 Å². The van der Waals surface area contributed by atoms with Gasteiger partial charge in [0.1, 0.15) is 0 Å². The van der Waals surface area contributed by atoms with Crippen LogP contribution < -0.4 is 0 Å². The molecule has 0 aliphatic rings. The Bertz CT molecular complexity index is 594. The third kappa shape index (κ3) is 3.53. The summed E-state index contributed by atoms with van der Waals surface area (Å²) in [6.07, 6.45) is 0.521. The molecular weight excluding hydrogens is 295 g/mol. The number of rotatable bonds is 4. The van der Waals surface area contributed by atoms with Crippen LogP contribution in [0.3, 0.4) is 0 Å². The van der Waals surface area contributed by atoms with Crippen LogP contribution in [0.15, 0.2) is 48.5 Å². The molecule has 1 unspecified atom stereocenters. The van der Waals surface area contributed by atoms with E-state index in [0.29, 0.717) is 16.5 Å². The molecule has 0 N–H and O–H groups in total. The van der Waals surface area contributed by atoms with Gasteiger partial charge < -0.3 is 4.74 Å². The van der Waals surface area contributed by atoms with Gasteiger partial charge in [-0.25, -0.2) is 0 Å². The fourth-order valence-corrected chi connectivity index (χ4v) is 2.47. The topological polar surface area (TPSA) is 26.3 Å². The van der Waals surface area contributed by atoms with Crippen molar-refractivity contribution in [3.8, 4) is 0 Å². The molecule has 0 aromatic heterocycles. The summed E-state index contributed by atoms with van der Waals surface area (Å²) in [5, 5.41) is 1.23. The monoisotopic (exact) mass is 308 g/mol. The molecule has 0 spiro atoms. The van der Waals surface area contributed by atoms with E-state index in [0.717, 1.165) is 11.1 Å². The van der Waals surface area contributed by atoms with Gasteiger partial charge in [0, 0.05) is 10.0 Å². The van der Waals surface area contributed by atoms with Crippen molar-refractivity contribution in [1.82, 2.24) is 0 Å². The average Bonchev–Trinajstić information content (AvgIpc) is 2.47. The number of esters is 1. The van der Waals surface area contributed by atoms with Crippen LogP contribution in [-0.2, 0) is 16.0 Å². The van der Waals surface area contributed by atoms with E-state index in [2.05, 4.69) is 0 Å². The Hall–Kier alpha value is -1.51. The fraction of sp³-hybridized carbons (Fsp3) is 0.188. The fourth-order valence-electron chi connectivity index (χ4n) is 2.08. The van der Waals surface area contributed by atoms with Crippen LogP contribution in [0.5, 0.6) is 0 Å². The second-order valence-electron chi connectivity index (χ2n) is 4.43. The molecule has 2 nitrogen and oxygen atoms in total. The maximum Gasteiger partial charge on any atom is 0.313 e. The first-order valence-corrected chi connectivity index (χ1v) is 6.94. The highest BCUT2D eigenvalue weighted by atomic mass is 35.5. The normalized spacial score (nSPS) is 11.9. The summed E-state index contributed by atoms with van der Waals surface area (Å²) in [5.74, 6) is -0.720. The number of benzene rings is 2. The summed E-state index contributed by atoms with van der Waals surface area (Å²) >= 11 is 12.1. The summed E-state index contributed by atoms with van der Waals surface area (Å²) in [5.41, 5.74) is 1.78. The van der Waals surface area contributed by atoms with E-state index in [4.69, 9.17) is 27.9 Å². The maximum absolute atomic E-state index is 12.0. The number of halogens is 2. The molecule has 0 saturated heterocycles. The van der Waals surface area contributed by atoms with E-state index in [1.165, 1.54) is 7.11 Å². The first-order valence-electron chi connectivity index (χ1n) is 6.18. The predicted octanol–water partition coefficient (Wildman–Crippen LogP) is 4.49. The summed E-state index contributed by atoms with van der Waals surface area (Å²) in [6.45, 7) is 0. The molecule has 2 aromatic rings.